The van der Waals surface area contributed by atoms with Gasteiger partial charge in [-0.1, -0.05) is 0 Å². The summed E-state index contributed by atoms with van der Waals surface area (Å²) in [7, 11) is 0. The number of anilines is 1. The number of hydrogen-bond donors (Lipinski definition) is 2. The SMILES string of the molecule is Fc1ccc(F)c(NCC2CCCN2)c1. The molecule has 1 unspecified atom stereocenters. The molecule has 15 heavy (non-hydrogen) atoms. The van der Waals surface area contributed by atoms with Gasteiger partial charge in [0.1, 0.15) is 11.6 Å². The molecule has 2 N–H and O–H groups in total. The van der Waals surface area contributed by atoms with E-state index in [1.165, 1.54) is 6.07 Å². The Balaban J connectivity index is 1.94. The molecular formula is C11H14F2N2. The fraction of sp³-hybridized carbons (Fsp3) is 0.455. The summed E-state index contributed by atoms with van der Waals surface area (Å²) in [5.41, 5.74) is 0.240. The Hall–Kier alpha value is -1.16. The molecule has 0 saturated carbocycles. The second-order valence-corrected chi connectivity index (χ2v) is 3.80. The van der Waals surface area contributed by atoms with Gasteiger partial charge in [0.25, 0.3) is 0 Å². The van der Waals surface area contributed by atoms with Crippen molar-refractivity contribution in [2.24, 2.45) is 0 Å². The molecule has 82 valence electrons. The topological polar surface area (TPSA) is 24.1 Å². The smallest absolute Gasteiger partial charge is 0.146 e. The molecule has 1 saturated heterocycles. The maximum atomic E-state index is 13.2. The number of benzene rings is 1. The first kappa shape index (κ1) is 10.4. The standard InChI is InChI=1S/C11H14F2N2/c12-8-3-4-10(13)11(6-8)15-7-9-2-1-5-14-9/h3-4,6,9,14-15H,1-2,5,7H2. The lowest BCUT2D eigenvalue weighted by atomic mass is 10.2. The average Bonchev–Trinajstić information content (AvgIpc) is 2.72. The normalized spacial score (nSPS) is 20.5. The second kappa shape index (κ2) is 4.57. The molecule has 1 aliphatic heterocycles. The van der Waals surface area contributed by atoms with Crippen LogP contribution in [0.5, 0.6) is 0 Å². The molecule has 2 rings (SSSR count). The van der Waals surface area contributed by atoms with E-state index in [4.69, 9.17) is 0 Å². The minimum Gasteiger partial charge on any atom is -0.381 e. The van der Waals surface area contributed by atoms with Crippen LogP contribution < -0.4 is 10.6 Å². The molecule has 1 aromatic rings. The second-order valence-electron chi connectivity index (χ2n) is 3.80. The van der Waals surface area contributed by atoms with Gasteiger partial charge in [0.15, 0.2) is 0 Å². The van der Waals surface area contributed by atoms with Crippen LogP contribution in [-0.2, 0) is 0 Å². The van der Waals surface area contributed by atoms with Gasteiger partial charge in [-0.2, -0.15) is 0 Å². The number of hydrogen-bond acceptors (Lipinski definition) is 2. The van der Waals surface area contributed by atoms with E-state index in [-0.39, 0.29) is 5.69 Å². The summed E-state index contributed by atoms with van der Waals surface area (Å²) in [6.45, 7) is 1.65. The van der Waals surface area contributed by atoms with Crippen molar-refractivity contribution in [1.82, 2.24) is 5.32 Å². The van der Waals surface area contributed by atoms with Gasteiger partial charge < -0.3 is 10.6 Å². The van der Waals surface area contributed by atoms with Gasteiger partial charge in [0.05, 0.1) is 5.69 Å². The fourth-order valence-electron chi connectivity index (χ4n) is 1.80. The summed E-state index contributed by atoms with van der Waals surface area (Å²) in [4.78, 5) is 0. The Bertz CT molecular complexity index is 335. The van der Waals surface area contributed by atoms with Gasteiger partial charge >= 0.3 is 0 Å². The first-order valence-corrected chi connectivity index (χ1v) is 5.18. The first-order valence-electron chi connectivity index (χ1n) is 5.18. The average molecular weight is 212 g/mol. The van der Waals surface area contributed by atoms with Crippen LogP contribution in [0.15, 0.2) is 18.2 Å². The molecule has 2 nitrogen and oxygen atoms in total. The minimum absolute atomic E-state index is 0.240. The molecular weight excluding hydrogens is 198 g/mol. The van der Waals surface area contributed by atoms with E-state index in [0.717, 1.165) is 31.5 Å². The highest BCUT2D eigenvalue weighted by Gasteiger charge is 2.14. The quantitative estimate of drug-likeness (QED) is 0.802. The predicted octanol–water partition coefficient (Wildman–Crippen LogP) is 2.13. The lowest BCUT2D eigenvalue weighted by Gasteiger charge is -2.13. The summed E-state index contributed by atoms with van der Waals surface area (Å²) in [6, 6.07) is 3.81. The molecule has 0 radical (unpaired) electrons. The zero-order valence-corrected chi connectivity index (χ0v) is 8.39. The largest absolute Gasteiger partial charge is 0.381 e. The van der Waals surface area contributed by atoms with Crippen molar-refractivity contribution in [3.63, 3.8) is 0 Å². The summed E-state index contributed by atoms with van der Waals surface area (Å²) in [6.07, 6.45) is 2.24. The highest BCUT2D eigenvalue weighted by molar-refractivity contribution is 5.44. The summed E-state index contributed by atoms with van der Waals surface area (Å²) >= 11 is 0. The summed E-state index contributed by atoms with van der Waals surface area (Å²) in [5, 5.41) is 6.20. The maximum Gasteiger partial charge on any atom is 0.146 e. The molecule has 1 aliphatic rings. The van der Waals surface area contributed by atoms with E-state index in [9.17, 15) is 8.78 Å². The van der Waals surface area contributed by atoms with E-state index in [0.29, 0.717) is 12.6 Å². The monoisotopic (exact) mass is 212 g/mol. The molecule has 0 aromatic heterocycles. The van der Waals surface area contributed by atoms with E-state index in [1.54, 1.807) is 0 Å². The van der Waals surface area contributed by atoms with Gasteiger partial charge in [0, 0.05) is 12.6 Å². The van der Waals surface area contributed by atoms with E-state index in [1.807, 2.05) is 0 Å². The first-order chi connectivity index (χ1) is 7.25. The minimum atomic E-state index is -0.418. The zero-order valence-electron chi connectivity index (χ0n) is 8.39. The van der Waals surface area contributed by atoms with Crippen molar-refractivity contribution < 1.29 is 8.78 Å². The van der Waals surface area contributed by atoms with Gasteiger partial charge in [-0.05, 0) is 37.6 Å². The summed E-state index contributed by atoms with van der Waals surface area (Å²) < 4.78 is 26.0. The maximum absolute atomic E-state index is 13.2. The lowest BCUT2D eigenvalue weighted by molar-refractivity contribution is 0.595. The van der Waals surface area contributed by atoms with Gasteiger partial charge in [-0.3, -0.25) is 0 Å². The fourth-order valence-corrected chi connectivity index (χ4v) is 1.80. The third-order valence-corrected chi connectivity index (χ3v) is 2.63. The van der Waals surface area contributed by atoms with Crippen LogP contribution in [0.1, 0.15) is 12.8 Å². The van der Waals surface area contributed by atoms with Crippen molar-refractivity contribution in [3.8, 4) is 0 Å². The Kier molecular flexibility index (Phi) is 3.16. The molecule has 4 heteroatoms. The third-order valence-electron chi connectivity index (χ3n) is 2.63. The predicted molar refractivity (Wildman–Crippen MR) is 55.9 cm³/mol. The molecule has 1 fully saturated rings. The van der Waals surface area contributed by atoms with Crippen LogP contribution in [0.2, 0.25) is 0 Å². The highest BCUT2D eigenvalue weighted by Crippen LogP contribution is 2.16. The Morgan fingerprint density at radius 3 is 3.00 bits per heavy atom. The van der Waals surface area contributed by atoms with Gasteiger partial charge in [-0.15, -0.1) is 0 Å². The van der Waals surface area contributed by atoms with Gasteiger partial charge in [-0.25, -0.2) is 8.78 Å². The molecule has 0 aliphatic carbocycles. The number of halogens is 2. The molecule has 1 aromatic carbocycles. The Morgan fingerprint density at radius 1 is 1.40 bits per heavy atom. The molecule has 1 atom stereocenters. The molecule has 0 spiro atoms. The third kappa shape index (κ3) is 2.65. The van der Waals surface area contributed by atoms with E-state index < -0.39 is 11.6 Å². The van der Waals surface area contributed by atoms with Crippen LogP contribution in [0.3, 0.4) is 0 Å². The summed E-state index contributed by atoms with van der Waals surface area (Å²) in [5.74, 6) is -0.826. The lowest BCUT2D eigenvalue weighted by Crippen LogP contribution is -2.29. The highest BCUT2D eigenvalue weighted by atomic mass is 19.1. The van der Waals surface area contributed by atoms with E-state index in [2.05, 4.69) is 10.6 Å². The number of rotatable bonds is 3. The van der Waals surface area contributed by atoms with Crippen molar-refractivity contribution in [3.05, 3.63) is 29.8 Å². The van der Waals surface area contributed by atoms with Crippen molar-refractivity contribution >= 4 is 5.69 Å². The molecule has 0 amide bonds. The van der Waals surface area contributed by atoms with Crippen LogP contribution in [0, 0.1) is 11.6 Å². The van der Waals surface area contributed by atoms with Crippen LogP contribution >= 0.6 is 0 Å². The Labute approximate surface area is 87.7 Å². The van der Waals surface area contributed by atoms with Gasteiger partial charge in [0.2, 0.25) is 0 Å². The van der Waals surface area contributed by atoms with Crippen LogP contribution in [-0.4, -0.2) is 19.1 Å². The van der Waals surface area contributed by atoms with Crippen LogP contribution in [0.25, 0.3) is 0 Å². The zero-order chi connectivity index (χ0) is 10.7. The van der Waals surface area contributed by atoms with Crippen molar-refractivity contribution in [2.75, 3.05) is 18.4 Å². The molecule has 1 heterocycles. The van der Waals surface area contributed by atoms with Crippen molar-refractivity contribution in [2.45, 2.75) is 18.9 Å². The van der Waals surface area contributed by atoms with E-state index >= 15 is 0 Å². The Morgan fingerprint density at radius 2 is 2.27 bits per heavy atom. The number of nitrogens with one attached hydrogen (secondary N) is 2. The van der Waals surface area contributed by atoms with Crippen molar-refractivity contribution in [1.29, 1.82) is 0 Å². The van der Waals surface area contributed by atoms with Crippen LogP contribution in [0.4, 0.5) is 14.5 Å². The molecule has 0 bridgehead atoms.